The second kappa shape index (κ2) is 6.19. The largest absolute Gasteiger partial charge is 0.430 e. The van der Waals surface area contributed by atoms with Crippen LogP contribution in [-0.4, -0.2) is 21.6 Å². The topological polar surface area (TPSA) is 68.0 Å². The van der Waals surface area contributed by atoms with Crippen molar-refractivity contribution in [3.05, 3.63) is 47.7 Å². The van der Waals surface area contributed by atoms with Crippen molar-refractivity contribution in [3.63, 3.8) is 0 Å². The Labute approximate surface area is 132 Å². The van der Waals surface area contributed by atoms with Gasteiger partial charge in [0.15, 0.2) is 11.2 Å². The summed E-state index contributed by atoms with van der Waals surface area (Å²) in [6.45, 7) is 3.90. The zero-order chi connectivity index (χ0) is 15.5. The van der Waals surface area contributed by atoms with Crippen molar-refractivity contribution in [2.45, 2.75) is 19.1 Å². The number of hydrogen-bond donors (Lipinski definition) is 1. The molecule has 6 heteroatoms. The highest BCUT2D eigenvalue weighted by atomic mass is 32.2. The summed E-state index contributed by atoms with van der Waals surface area (Å²) in [5.74, 6) is 0.139. The van der Waals surface area contributed by atoms with Crippen LogP contribution < -0.4 is 5.32 Å². The number of fused-ring (bicyclic) bond motifs is 1. The number of pyridine rings is 1. The summed E-state index contributed by atoms with van der Waals surface area (Å²) in [5.41, 5.74) is 4.02. The number of thioether (sulfide) groups is 1. The third-order valence-electron chi connectivity index (χ3n) is 3.04. The Morgan fingerprint density at radius 1 is 1.14 bits per heavy atom. The smallest absolute Gasteiger partial charge is 0.258 e. The predicted molar refractivity (Wildman–Crippen MR) is 87.1 cm³/mol. The Kier molecular flexibility index (Phi) is 4.11. The van der Waals surface area contributed by atoms with Gasteiger partial charge in [0, 0.05) is 11.4 Å². The van der Waals surface area contributed by atoms with Crippen molar-refractivity contribution in [2.75, 3.05) is 11.1 Å². The molecular formula is C16H15N3O2S. The maximum Gasteiger partial charge on any atom is 0.258 e. The van der Waals surface area contributed by atoms with Gasteiger partial charge in [0.25, 0.3) is 5.22 Å². The lowest BCUT2D eigenvalue weighted by atomic mass is 10.2. The first-order chi connectivity index (χ1) is 10.6. The van der Waals surface area contributed by atoms with Crippen LogP contribution in [0.5, 0.6) is 0 Å². The van der Waals surface area contributed by atoms with E-state index in [2.05, 4.69) is 15.3 Å². The Hall–Kier alpha value is -2.34. The van der Waals surface area contributed by atoms with Crippen LogP contribution in [0.15, 0.2) is 46.0 Å². The number of anilines is 1. The number of rotatable bonds is 4. The molecule has 2 heterocycles. The summed E-state index contributed by atoms with van der Waals surface area (Å²) in [6.07, 6.45) is 0. The molecule has 1 aromatic carbocycles. The summed E-state index contributed by atoms with van der Waals surface area (Å²) in [4.78, 5) is 20.5. The molecule has 1 amide bonds. The number of aromatic nitrogens is 2. The van der Waals surface area contributed by atoms with Crippen LogP contribution in [0.2, 0.25) is 0 Å². The number of amides is 1. The van der Waals surface area contributed by atoms with E-state index in [0.717, 1.165) is 16.9 Å². The maximum atomic E-state index is 11.9. The molecule has 0 saturated carbocycles. The van der Waals surface area contributed by atoms with Crippen LogP contribution in [0, 0.1) is 13.8 Å². The van der Waals surface area contributed by atoms with Gasteiger partial charge in [-0.1, -0.05) is 29.5 Å². The summed E-state index contributed by atoms with van der Waals surface area (Å²) >= 11 is 1.25. The number of carbonyl (C=O) groups is 1. The quantitative estimate of drug-likeness (QED) is 0.746. The van der Waals surface area contributed by atoms with E-state index in [4.69, 9.17) is 4.42 Å². The molecule has 0 unspecified atom stereocenters. The van der Waals surface area contributed by atoms with Crippen LogP contribution >= 0.6 is 11.8 Å². The Morgan fingerprint density at radius 3 is 2.68 bits per heavy atom. The minimum Gasteiger partial charge on any atom is -0.430 e. The maximum absolute atomic E-state index is 11.9. The van der Waals surface area contributed by atoms with E-state index in [1.165, 1.54) is 11.8 Å². The zero-order valence-corrected chi connectivity index (χ0v) is 13.1. The van der Waals surface area contributed by atoms with Gasteiger partial charge in [0.1, 0.15) is 0 Å². The van der Waals surface area contributed by atoms with Gasteiger partial charge in [-0.15, -0.1) is 0 Å². The van der Waals surface area contributed by atoms with E-state index in [9.17, 15) is 4.79 Å². The number of nitrogens with zero attached hydrogens (tertiary/aromatic N) is 2. The van der Waals surface area contributed by atoms with E-state index in [1.54, 1.807) is 0 Å². The molecule has 112 valence electrons. The van der Waals surface area contributed by atoms with Crippen molar-refractivity contribution in [1.82, 2.24) is 9.97 Å². The van der Waals surface area contributed by atoms with Crippen LogP contribution in [0.3, 0.4) is 0 Å². The highest BCUT2D eigenvalue weighted by Gasteiger charge is 2.10. The van der Waals surface area contributed by atoms with E-state index < -0.39 is 0 Å². The fraction of sp³-hybridized carbons (Fsp3) is 0.188. The molecule has 0 fully saturated rings. The third-order valence-corrected chi connectivity index (χ3v) is 3.86. The van der Waals surface area contributed by atoms with Crippen LogP contribution in [-0.2, 0) is 4.79 Å². The summed E-state index contributed by atoms with van der Waals surface area (Å²) < 4.78 is 5.55. The molecule has 0 aliphatic carbocycles. The molecule has 0 bridgehead atoms. The van der Waals surface area contributed by atoms with Crippen LogP contribution in [0.1, 0.15) is 11.3 Å². The van der Waals surface area contributed by atoms with E-state index >= 15 is 0 Å². The minimum atomic E-state index is -0.0970. The van der Waals surface area contributed by atoms with E-state index in [0.29, 0.717) is 16.5 Å². The van der Waals surface area contributed by atoms with E-state index in [1.807, 2.05) is 50.2 Å². The summed E-state index contributed by atoms with van der Waals surface area (Å²) in [7, 11) is 0. The van der Waals surface area contributed by atoms with Crippen molar-refractivity contribution in [3.8, 4) is 0 Å². The average Bonchev–Trinajstić information content (AvgIpc) is 2.89. The molecule has 3 aromatic rings. The molecule has 0 aliphatic rings. The second-order valence-electron chi connectivity index (χ2n) is 4.96. The molecule has 3 rings (SSSR count). The normalized spacial score (nSPS) is 10.8. The van der Waals surface area contributed by atoms with Crippen molar-refractivity contribution in [2.24, 2.45) is 0 Å². The number of aryl methyl sites for hydroxylation is 2. The van der Waals surface area contributed by atoms with Gasteiger partial charge in [0.05, 0.1) is 5.75 Å². The molecule has 0 aliphatic heterocycles. The fourth-order valence-electron chi connectivity index (χ4n) is 1.92. The van der Waals surface area contributed by atoms with Gasteiger partial charge in [-0.2, -0.15) is 4.98 Å². The Bertz CT molecular complexity index is 812. The van der Waals surface area contributed by atoms with Gasteiger partial charge in [-0.05, 0) is 38.1 Å². The summed E-state index contributed by atoms with van der Waals surface area (Å²) in [6, 6.07) is 11.4. The van der Waals surface area contributed by atoms with Crippen LogP contribution in [0.25, 0.3) is 11.2 Å². The van der Waals surface area contributed by atoms with Gasteiger partial charge < -0.3 is 9.73 Å². The number of nitrogens with one attached hydrogen (secondary N) is 1. The molecule has 22 heavy (non-hydrogen) atoms. The van der Waals surface area contributed by atoms with Crippen molar-refractivity contribution in [1.29, 1.82) is 0 Å². The van der Waals surface area contributed by atoms with E-state index in [-0.39, 0.29) is 11.7 Å². The highest BCUT2D eigenvalue weighted by molar-refractivity contribution is 7.99. The van der Waals surface area contributed by atoms with Crippen molar-refractivity contribution < 1.29 is 9.21 Å². The monoisotopic (exact) mass is 313 g/mol. The molecule has 2 aromatic heterocycles. The SMILES string of the molecule is Cc1ccc(NC(=O)CSc2nc3nc(C)ccc3o2)cc1. The third kappa shape index (κ3) is 3.46. The molecule has 1 N–H and O–H groups in total. The van der Waals surface area contributed by atoms with Crippen molar-refractivity contribution >= 4 is 34.6 Å². The van der Waals surface area contributed by atoms with Gasteiger partial charge in [0.2, 0.25) is 5.91 Å². The Balaban J connectivity index is 1.61. The molecule has 0 radical (unpaired) electrons. The molecule has 0 atom stereocenters. The highest BCUT2D eigenvalue weighted by Crippen LogP contribution is 2.22. The summed E-state index contributed by atoms with van der Waals surface area (Å²) in [5, 5.41) is 3.29. The number of carbonyl (C=O) groups excluding carboxylic acids is 1. The van der Waals surface area contributed by atoms with Gasteiger partial charge in [-0.25, -0.2) is 4.98 Å². The number of benzene rings is 1. The van der Waals surface area contributed by atoms with Gasteiger partial charge >= 0.3 is 0 Å². The Morgan fingerprint density at radius 2 is 1.91 bits per heavy atom. The lowest BCUT2D eigenvalue weighted by molar-refractivity contribution is -0.113. The second-order valence-corrected chi connectivity index (χ2v) is 5.88. The number of hydrogen-bond acceptors (Lipinski definition) is 5. The van der Waals surface area contributed by atoms with Crippen LogP contribution in [0.4, 0.5) is 5.69 Å². The molecule has 0 spiro atoms. The molecule has 0 saturated heterocycles. The van der Waals surface area contributed by atoms with Gasteiger partial charge in [-0.3, -0.25) is 4.79 Å². The first-order valence-corrected chi connectivity index (χ1v) is 7.82. The predicted octanol–water partition coefficient (Wildman–Crippen LogP) is 3.57. The number of oxazole rings is 1. The lowest BCUT2D eigenvalue weighted by Gasteiger charge is -2.04. The zero-order valence-electron chi connectivity index (χ0n) is 12.3. The molecule has 5 nitrogen and oxygen atoms in total. The standard InChI is InChI=1S/C16H15N3O2S/c1-10-3-6-12(7-4-10)18-14(20)9-22-16-19-15-13(21-16)8-5-11(2)17-15/h3-8H,9H2,1-2H3,(H,18,20). The fourth-order valence-corrected chi connectivity index (χ4v) is 2.54. The molecular weight excluding hydrogens is 298 g/mol. The lowest BCUT2D eigenvalue weighted by Crippen LogP contribution is -2.13. The average molecular weight is 313 g/mol. The minimum absolute atomic E-state index is 0.0970. The first-order valence-electron chi connectivity index (χ1n) is 6.84. The first kappa shape index (κ1) is 14.6.